The van der Waals surface area contributed by atoms with Gasteiger partial charge in [0.2, 0.25) is 0 Å². The van der Waals surface area contributed by atoms with Crippen LogP contribution in [-0.4, -0.2) is 18.7 Å². The molecule has 0 fully saturated rings. The maximum Gasteiger partial charge on any atom is 0.0925 e. The Kier molecular flexibility index (Phi) is 3.76. The molecule has 0 atom stereocenters. The number of hydrogen-bond donors (Lipinski definition) is 2. The first-order valence-corrected chi connectivity index (χ1v) is 5.30. The van der Waals surface area contributed by atoms with Gasteiger partial charge in [0.25, 0.3) is 0 Å². The van der Waals surface area contributed by atoms with Gasteiger partial charge in [0.05, 0.1) is 5.76 Å². The van der Waals surface area contributed by atoms with Crippen LogP contribution in [0.5, 0.6) is 0 Å². The Labute approximate surface area is 86.7 Å². The van der Waals surface area contributed by atoms with E-state index < -0.39 is 0 Å². The van der Waals surface area contributed by atoms with Gasteiger partial charge in [-0.15, -0.1) is 0 Å². The molecule has 0 unspecified atom stereocenters. The second-order valence-electron chi connectivity index (χ2n) is 4.59. The average molecular weight is 195 g/mol. The van der Waals surface area contributed by atoms with E-state index in [-0.39, 0.29) is 5.41 Å². The van der Waals surface area contributed by atoms with Gasteiger partial charge in [-0.3, -0.25) is 0 Å². The van der Waals surface area contributed by atoms with Crippen LogP contribution in [0, 0.1) is 5.41 Å². The van der Waals surface area contributed by atoms with E-state index in [9.17, 15) is 5.11 Å². The van der Waals surface area contributed by atoms with Gasteiger partial charge < -0.3 is 10.4 Å². The molecule has 0 saturated heterocycles. The zero-order valence-corrected chi connectivity index (χ0v) is 9.43. The summed E-state index contributed by atoms with van der Waals surface area (Å²) in [7, 11) is 1.98. The first-order chi connectivity index (χ1) is 6.56. The summed E-state index contributed by atoms with van der Waals surface area (Å²) < 4.78 is 0. The molecule has 0 aromatic rings. The van der Waals surface area contributed by atoms with Crippen LogP contribution in [0.25, 0.3) is 0 Å². The highest BCUT2D eigenvalue weighted by Crippen LogP contribution is 2.35. The standard InChI is InChI=1S/C12H21NO/c1-12(2,8-9-13-3)10-4-6-11(14)7-5-10/h4,6,13-14H,5,7-9H2,1-3H3. The van der Waals surface area contributed by atoms with Gasteiger partial charge in [-0.2, -0.15) is 0 Å². The third-order valence-electron chi connectivity index (χ3n) is 3.00. The van der Waals surface area contributed by atoms with Crippen LogP contribution in [0.3, 0.4) is 0 Å². The van der Waals surface area contributed by atoms with E-state index in [0.717, 1.165) is 25.8 Å². The van der Waals surface area contributed by atoms with Gasteiger partial charge in [-0.25, -0.2) is 0 Å². The Morgan fingerprint density at radius 2 is 2.07 bits per heavy atom. The fourth-order valence-corrected chi connectivity index (χ4v) is 1.79. The minimum absolute atomic E-state index is 0.250. The molecule has 1 aliphatic rings. The van der Waals surface area contributed by atoms with Crippen molar-refractivity contribution in [1.82, 2.24) is 5.32 Å². The van der Waals surface area contributed by atoms with E-state index in [4.69, 9.17) is 0 Å². The van der Waals surface area contributed by atoms with Crippen LogP contribution in [0.2, 0.25) is 0 Å². The molecule has 2 N–H and O–H groups in total. The van der Waals surface area contributed by atoms with Gasteiger partial charge in [-0.1, -0.05) is 25.5 Å². The highest BCUT2D eigenvalue weighted by Gasteiger charge is 2.23. The minimum Gasteiger partial charge on any atom is -0.512 e. The Bertz CT molecular complexity index is 251. The summed E-state index contributed by atoms with van der Waals surface area (Å²) >= 11 is 0. The molecule has 0 aromatic carbocycles. The molecule has 2 nitrogen and oxygen atoms in total. The van der Waals surface area contributed by atoms with Crippen molar-refractivity contribution in [2.45, 2.75) is 33.1 Å². The molecule has 1 rings (SSSR count). The zero-order valence-electron chi connectivity index (χ0n) is 9.43. The van der Waals surface area contributed by atoms with E-state index in [1.165, 1.54) is 5.57 Å². The Morgan fingerprint density at radius 3 is 2.57 bits per heavy atom. The predicted molar refractivity (Wildman–Crippen MR) is 60.4 cm³/mol. The van der Waals surface area contributed by atoms with Crippen molar-refractivity contribution < 1.29 is 5.11 Å². The van der Waals surface area contributed by atoms with Gasteiger partial charge >= 0.3 is 0 Å². The second-order valence-corrected chi connectivity index (χ2v) is 4.59. The number of hydrogen-bond acceptors (Lipinski definition) is 2. The largest absolute Gasteiger partial charge is 0.512 e. The molecule has 0 radical (unpaired) electrons. The lowest BCUT2D eigenvalue weighted by Crippen LogP contribution is -2.22. The number of aliphatic hydroxyl groups excluding tert-OH is 1. The topological polar surface area (TPSA) is 32.3 Å². The van der Waals surface area contributed by atoms with Crippen molar-refractivity contribution in [3.63, 3.8) is 0 Å². The molecule has 0 aromatic heterocycles. The van der Waals surface area contributed by atoms with Crippen molar-refractivity contribution in [2.24, 2.45) is 5.41 Å². The van der Waals surface area contributed by atoms with Gasteiger partial charge in [-0.05, 0) is 37.9 Å². The number of rotatable bonds is 4. The van der Waals surface area contributed by atoms with Crippen LogP contribution >= 0.6 is 0 Å². The fourth-order valence-electron chi connectivity index (χ4n) is 1.79. The maximum atomic E-state index is 9.27. The summed E-state index contributed by atoms with van der Waals surface area (Å²) in [5.41, 5.74) is 1.70. The van der Waals surface area contributed by atoms with Crippen molar-refractivity contribution in [1.29, 1.82) is 0 Å². The SMILES string of the molecule is CNCCC(C)(C)C1=CC=C(O)CC1. The lowest BCUT2D eigenvalue weighted by atomic mass is 9.77. The number of nitrogens with one attached hydrogen (secondary N) is 1. The van der Waals surface area contributed by atoms with Gasteiger partial charge in [0, 0.05) is 6.42 Å². The van der Waals surface area contributed by atoms with Crippen LogP contribution < -0.4 is 5.32 Å². The fraction of sp³-hybridized carbons (Fsp3) is 0.667. The molecule has 0 saturated carbocycles. The molecule has 0 bridgehead atoms. The molecule has 14 heavy (non-hydrogen) atoms. The quantitative estimate of drug-likeness (QED) is 0.723. The molecule has 2 heteroatoms. The van der Waals surface area contributed by atoms with Crippen LogP contribution in [0.15, 0.2) is 23.5 Å². The average Bonchev–Trinajstić information content (AvgIpc) is 2.16. The summed E-state index contributed by atoms with van der Waals surface area (Å²) in [5, 5.41) is 12.5. The smallest absolute Gasteiger partial charge is 0.0925 e. The summed E-state index contributed by atoms with van der Waals surface area (Å²) in [6.45, 7) is 5.58. The van der Waals surface area contributed by atoms with E-state index in [1.54, 1.807) is 0 Å². The predicted octanol–water partition coefficient (Wildman–Crippen LogP) is 2.78. The molecular weight excluding hydrogens is 174 g/mol. The van der Waals surface area contributed by atoms with E-state index in [2.05, 4.69) is 25.2 Å². The minimum atomic E-state index is 0.250. The van der Waals surface area contributed by atoms with Gasteiger partial charge in [0.15, 0.2) is 0 Å². The third-order valence-corrected chi connectivity index (χ3v) is 3.00. The third kappa shape index (κ3) is 2.88. The van der Waals surface area contributed by atoms with Crippen LogP contribution in [0.4, 0.5) is 0 Å². The summed E-state index contributed by atoms with van der Waals surface area (Å²) in [4.78, 5) is 0. The van der Waals surface area contributed by atoms with Crippen molar-refractivity contribution in [2.75, 3.05) is 13.6 Å². The Morgan fingerprint density at radius 1 is 1.36 bits per heavy atom. The second kappa shape index (κ2) is 4.65. The molecule has 1 aliphatic carbocycles. The van der Waals surface area contributed by atoms with Crippen LogP contribution in [-0.2, 0) is 0 Å². The van der Waals surface area contributed by atoms with Crippen molar-refractivity contribution in [3.8, 4) is 0 Å². The molecule has 0 spiro atoms. The monoisotopic (exact) mass is 195 g/mol. The summed E-state index contributed by atoms with van der Waals surface area (Å²) in [6.07, 6.45) is 6.85. The maximum absolute atomic E-state index is 9.27. The Hall–Kier alpha value is -0.760. The normalized spacial score (nSPS) is 17.6. The summed E-state index contributed by atoms with van der Waals surface area (Å²) in [6, 6.07) is 0. The van der Waals surface area contributed by atoms with Gasteiger partial charge in [0.1, 0.15) is 0 Å². The number of aliphatic hydroxyl groups is 1. The zero-order chi connectivity index (χ0) is 10.6. The van der Waals surface area contributed by atoms with Crippen molar-refractivity contribution >= 4 is 0 Å². The molecule has 0 amide bonds. The lowest BCUT2D eigenvalue weighted by Gasteiger charge is -2.29. The van der Waals surface area contributed by atoms with E-state index >= 15 is 0 Å². The molecule has 0 aliphatic heterocycles. The van der Waals surface area contributed by atoms with Crippen molar-refractivity contribution in [3.05, 3.63) is 23.5 Å². The summed E-state index contributed by atoms with van der Waals surface area (Å²) in [5.74, 6) is 0.512. The van der Waals surface area contributed by atoms with E-state index in [0.29, 0.717) is 5.76 Å². The van der Waals surface area contributed by atoms with Crippen LogP contribution in [0.1, 0.15) is 33.1 Å². The molecular formula is C12H21NO. The Balaban J connectivity index is 2.63. The van der Waals surface area contributed by atoms with E-state index in [1.807, 2.05) is 13.1 Å². The first kappa shape index (κ1) is 11.3. The highest BCUT2D eigenvalue weighted by atomic mass is 16.3. The molecule has 0 heterocycles. The number of allylic oxidation sites excluding steroid dienone is 4. The lowest BCUT2D eigenvalue weighted by molar-refractivity contribution is 0.355. The molecule has 80 valence electrons. The first-order valence-electron chi connectivity index (χ1n) is 5.30. The highest BCUT2D eigenvalue weighted by molar-refractivity contribution is 5.25.